The molecule has 1 aliphatic carbocycles. The lowest BCUT2D eigenvalue weighted by atomic mass is 10.1. The van der Waals surface area contributed by atoms with Gasteiger partial charge in [-0.3, -0.25) is 9.50 Å². The number of alkyl carbamates (subject to hydrolysis) is 1. The number of nitrogens with zero attached hydrogens (tertiary/aromatic N) is 4. The molecule has 3 N–H and O–H groups in total. The normalized spacial score (nSPS) is 24.7. The van der Waals surface area contributed by atoms with Crippen LogP contribution in [0.5, 0.6) is 0 Å². The van der Waals surface area contributed by atoms with E-state index >= 15 is 0 Å². The van der Waals surface area contributed by atoms with Gasteiger partial charge in [0.15, 0.2) is 18.1 Å². The molecule has 4 heterocycles. The molecule has 2 aliphatic rings. The lowest BCUT2D eigenvalue weighted by Crippen LogP contribution is -2.39. The van der Waals surface area contributed by atoms with Gasteiger partial charge < -0.3 is 20.1 Å². The van der Waals surface area contributed by atoms with Gasteiger partial charge in [-0.25, -0.2) is 19.2 Å². The van der Waals surface area contributed by atoms with E-state index < -0.39 is 24.5 Å². The summed E-state index contributed by atoms with van der Waals surface area (Å²) >= 11 is 0. The number of alkyl halides is 1. The van der Waals surface area contributed by atoms with E-state index in [1.807, 2.05) is 20.0 Å². The number of carbonyl (C=O) groups excluding carboxylic acids is 1. The van der Waals surface area contributed by atoms with Crippen LogP contribution in [0.25, 0.3) is 5.65 Å². The number of H-pyrrole nitrogens is 1. The van der Waals surface area contributed by atoms with E-state index in [9.17, 15) is 9.18 Å². The first-order valence-electron chi connectivity index (χ1n) is 9.78. The van der Waals surface area contributed by atoms with Crippen molar-refractivity contribution in [2.45, 2.75) is 50.6 Å². The maximum Gasteiger partial charge on any atom is 0.408 e. The van der Waals surface area contributed by atoms with Crippen LogP contribution in [-0.2, 0) is 9.47 Å². The van der Waals surface area contributed by atoms with Crippen LogP contribution in [0.3, 0.4) is 0 Å². The van der Waals surface area contributed by atoms with Gasteiger partial charge in [0.25, 0.3) is 0 Å². The van der Waals surface area contributed by atoms with E-state index in [1.165, 1.54) is 0 Å². The maximum atomic E-state index is 14.9. The predicted octanol–water partition coefficient (Wildman–Crippen LogP) is 2.56. The van der Waals surface area contributed by atoms with Crippen molar-refractivity contribution in [2.24, 2.45) is 0 Å². The third-order valence-corrected chi connectivity index (χ3v) is 5.39. The highest BCUT2D eigenvalue weighted by molar-refractivity contribution is 5.69. The molecule has 0 aromatic carbocycles. The number of rotatable bonds is 5. The highest BCUT2D eigenvalue weighted by Gasteiger charge is 2.44. The number of hydrogen-bond donors (Lipinski definition) is 3. The van der Waals surface area contributed by atoms with E-state index in [0.717, 1.165) is 24.2 Å². The number of nitrogens with one attached hydrogen (secondary N) is 3. The van der Waals surface area contributed by atoms with Crippen LogP contribution < -0.4 is 10.6 Å². The summed E-state index contributed by atoms with van der Waals surface area (Å²) in [6.45, 7) is 3.80. The minimum atomic E-state index is -1.51. The number of halogens is 1. The van der Waals surface area contributed by atoms with Crippen molar-refractivity contribution in [3.8, 4) is 0 Å². The molecule has 2 fully saturated rings. The lowest BCUT2D eigenvalue weighted by molar-refractivity contribution is 0.0604. The van der Waals surface area contributed by atoms with Gasteiger partial charge in [0.1, 0.15) is 11.8 Å². The number of ether oxygens (including phenoxy) is 2. The number of aryl methyl sites for hydroxylation is 1. The van der Waals surface area contributed by atoms with E-state index in [1.54, 1.807) is 22.7 Å². The van der Waals surface area contributed by atoms with Crippen molar-refractivity contribution < 1.29 is 18.7 Å². The summed E-state index contributed by atoms with van der Waals surface area (Å²) in [7, 11) is 0. The Morgan fingerprint density at radius 1 is 1.47 bits per heavy atom. The first-order chi connectivity index (χ1) is 14.4. The van der Waals surface area contributed by atoms with Gasteiger partial charge in [-0.05, 0) is 32.8 Å². The Morgan fingerprint density at radius 2 is 2.30 bits per heavy atom. The van der Waals surface area contributed by atoms with E-state index in [0.29, 0.717) is 17.5 Å². The third-order valence-electron chi connectivity index (χ3n) is 5.39. The zero-order valence-corrected chi connectivity index (χ0v) is 16.6. The van der Waals surface area contributed by atoms with E-state index in [4.69, 9.17) is 9.47 Å². The predicted molar refractivity (Wildman–Crippen MR) is 104 cm³/mol. The van der Waals surface area contributed by atoms with Gasteiger partial charge in [-0.2, -0.15) is 5.10 Å². The van der Waals surface area contributed by atoms with Crippen molar-refractivity contribution in [2.75, 3.05) is 11.9 Å². The molecule has 158 valence electrons. The highest BCUT2D eigenvalue weighted by Crippen LogP contribution is 2.36. The van der Waals surface area contributed by atoms with Gasteiger partial charge in [0.05, 0.1) is 18.0 Å². The fourth-order valence-electron chi connectivity index (χ4n) is 3.46. The molecular weight excluding hydrogens is 393 g/mol. The summed E-state index contributed by atoms with van der Waals surface area (Å²) in [6.07, 6.45) is 1.30. The molecule has 0 unspecified atom stereocenters. The molecule has 0 spiro atoms. The molecule has 30 heavy (non-hydrogen) atoms. The molecule has 3 aromatic rings. The van der Waals surface area contributed by atoms with Crippen LogP contribution in [-0.4, -0.2) is 55.1 Å². The van der Waals surface area contributed by atoms with Crippen LogP contribution >= 0.6 is 0 Å². The summed E-state index contributed by atoms with van der Waals surface area (Å²) in [5.41, 5.74) is 1.83. The Bertz CT molecular complexity index is 1090. The van der Waals surface area contributed by atoms with Gasteiger partial charge in [0.2, 0.25) is 5.95 Å². The van der Waals surface area contributed by atoms with Gasteiger partial charge >= 0.3 is 6.09 Å². The second kappa shape index (κ2) is 6.94. The summed E-state index contributed by atoms with van der Waals surface area (Å²) in [6, 6.07) is 3.45. The Hall–Kier alpha value is -3.21. The number of aromatic nitrogens is 5. The quantitative estimate of drug-likeness (QED) is 0.586. The Balaban J connectivity index is 1.25. The number of fused-ring (bicyclic) bond motifs is 1. The molecular formula is C19H22FN7O3. The van der Waals surface area contributed by atoms with Crippen molar-refractivity contribution >= 4 is 23.5 Å². The second-order valence-electron chi connectivity index (χ2n) is 8.04. The number of carbonyl (C=O) groups is 1. The minimum Gasteiger partial charge on any atom is -0.441 e. The van der Waals surface area contributed by atoms with Crippen LogP contribution in [0.4, 0.5) is 21.0 Å². The van der Waals surface area contributed by atoms with Gasteiger partial charge in [-0.15, -0.1) is 0 Å². The molecule has 3 atom stereocenters. The largest absolute Gasteiger partial charge is 0.441 e. The number of anilines is 2. The first kappa shape index (κ1) is 18.8. The zero-order chi connectivity index (χ0) is 20.9. The van der Waals surface area contributed by atoms with Crippen LogP contribution in [0, 0.1) is 6.92 Å². The number of imidazole rings is 1. The van der Waals surface area contributed by atoms with Crippen molar-refractivity contribution in [3.63, 3.8) is 0 Å². The zero-order valence-electron chi connectivity index (χ0n) is 16.6. The number of aromatic amines is 1. The number of hydrogen-bond acceptors (Lipinski definition) is 7. The third kappa shape index (κ3) is 3.56. The molecule has 0 radical (unpaired) electrons. The number of amides is 1. The summed E-state index contributed by atoms with van der Waals surface area (Å²) in [5, 5.41) is 12.8. The Labute approximate surface area is 171 Å². The fraction of sp³-hybridized carbons (Fsp3) is 0.474. The maximum absolute atomic E-state index is 14.9. The molecule has 0 bridgehead atoms. The Morgan fingerprint density at radius 3 is 3.10 bits per heavy atom. The van der Waals surface area contributed by atoms with E-state index in [2.05, 4.69) is 30.8 Å². The van der Waals surface area contributed by atoms with Crippen molar-refractivity contribution in [3.05, 3.63) is 35.9 Å². The van der Waals surface area contributed by atoms with Gasteiger partial charge in [-0.1, -0.05) is 0 Å². The first-order valence-corrected chi connectivity index (χ1v) is 9.78. The fourth-order valence-corrected chi connectivity index (χ4v) is 3.46. The van der Waals surface area contributed by atoms with Crippen molar-refractivity contribution in [1.29, 1.82) is 0 Å². The monoisotopic (exact) mass is 415 g/mol. The smallest absolute Gasteiger partial charge is 0.408 e. The molecule has 11 heteroatoms. The summed E-state index contributed by atoms with van der Waals surface area (Å²) < 4.78 is 27.4. The summed E-state index contributed by atoms with van der Waals surface area (Å²) in [5.74, 6) is 0.984. The molecule has 5 rings (SSSR count). The summed E-state index contributed by atoms with van der Waals surface area (Å²) in [4.78, 5) is 20.7. The van der Waals surface area contributed by atoms with Gasteiger partial charge in [0, 0.05) is 24.0 Å². The Kier molecular flexibility index (Phi) is 4.35. The molecule has 1 saturated carbocycles. The molecule has 10 nitrogen and oxygen atoms in total. The standard InChI is InChI=1S/C19H22FN7O3/c1-10-8-27-14(22-10)3-6-21-17(27)23-13-7-11(25-26-13)16-15(20)12(9-29-16)30-18(28)24-19(2)4-5-19/h3,6-8,12,15-16H,4-5,9H2,1-2H3,(H,24,28)(H2,21,23,25,26)/t12-,15+,16-/m1/s1. The molecule has 1 aliphatic heterocycles. The van der Waals surface area contributed by atoms with Crippen molar-refractivity contribution in [1.82, 2.24) is 29.9 Å². The van der Waals surface area contributed by atoms with Crippen LogP contribution in [0.15, 0.2) is 24.5 Å². The topological polar surface area (TPSA) is 118 Å². The van der Waals surface area contributed by atoms with E-state index in [-0.39, 0.29) is 12.1 Å². The molecule has 1 amide bonds. The average Bonchev–Trinajstić information content (AvgIpc) is 3.03. The molecule has 1 saturated heterocycles. The average molecular weight is 415 g/mol. The lowest BCUT2D eigenvalue weighted by Gasteiger charge is -2.17. The second-order valence-corrected chi connectivity index (χ2v) is 8.04. The molecule has 3 aromatic heterocycles. The minimum absolute atomic E-state index is 0.0209. The van der Waals surface area contributed by atoms with Crippen LogP contribution in [0.2, 0.25) is 0 Å². The highest BCUT2D eigenvalue weighted by atomic mass is 19.1. The SMILES string of the molecule is Cc1cn2c(Nc3cc([C@H]4OC[C@@H](OC(=O)NC5(C)CC5)[C@@H]4F)[nH]n3)nccc2n1. The van der Waals surface area contributed by atoms with Crippen LogP contribution in [0.1, 0.15) is 37.3 Å².